The van der Waals surface area contributed by atoms with Crippen LogP contribution in [0.5, 0.6) is 0 Å². The molecule has 0 unspecified atom stereocenters. The number of aromatic nitrogens is 2. The molecule has 0 amide bonds. The van der Waals surface area contributed by atoms with Gasteiger partial charge in [0.2, 0.25) is 5.13 Å². The first-order chi connectivity index (χ1) is 6.81. The summed E-state index contributed by atoms with van der Waals surface area (Å²) in [6.45, 7) is 3.30. The van der Waals surface area contributed by atoms with Gasteiger partial charge < -0.3 is 4.90 Å². The van der Waals surface area contributed by atoms with Crippen molar-refractivity contribution in [2.75, 3.05) is 18.5 Å². The molecule has 2 rings (SSSR count). The quantitative estimate of drug-likeness (QED) is 0.749. The van der Waals surface area contributed by atoms with Crippen LogP contribution in [0.15, 0.2) is 0 Å². The van der Waals surface area contributed by atoms with Crippen LogP contribution in [-0.4, -0.2) is 23.8 Å². The summed E-state index contributed by atoms with van der Waals surface area (Å²) in [4.78, 5) is 2.22. The minimum atomic E-state index is 0.737. The zero-order chi connectivity index (χ0) is 9.97. The molecule has 14 heavy (non-hydrogen) atoms. The highest BCUT2D eigenvalue weighted by atomic mass is 32.1. The number of hydrogen-bond acceptors (Lipinski definition) is 4. The van der Waals surface area contributed by atoms with Gasteiger partial charge in [0.15, 0.2) is 0 Å². The van der Waals surface area contributed by atoms with Crippen molar-refractivity contribution < 1.29 is 0 Å². The van der Waals surface area contributed by atoms with E-state index in [1.165, 1.54) is 30.7 Å². The summed E-state index contributed by atoms with van der Waals surface area (Å²) in [5.41, 5.74) is 0. The fourth-order valence-electron chi connectivity index (χ4n) is 1.37. The zero-order valence-electron chi connectivity index (χ0n) is 8.86. The lowest BCUT2D eigenvalue weighted by molar-refractivity contribution is 0.760. The van der Waals surface area contributed by atoms with Crippen LogP contribution >= 0.6 is 11.3 Å². The molecule has 3 nitrogen and oxygen atoms in total. The van der Waals surface area contributed by atoms with Crippen molar-refractivity contribution in [1.82, 2.24) is 10.2 Å². The SMILES string of the molecule is CCCCN(C)c1nnc(C2CC2)s1. The Labute approximate surface area is 89.2 Å². The van der Waals surface area contributed by atoms with Gasteiger partial charge in [0.25, 0.3) is 0 Å². The van der Waals surface area contributed by atoms with Crippen LogP contribution in [0.2, 0.25) is 0 Å². The molecule has 1 fully saturated rings. The predicted molar refractivity (Wildman–Crippen MR) is 60.1 cm³/mol. The summed E-state index contributed by atoms with van der Waals surface area (Å²) in [6, 6.07) is 0. The summed E-state index contributed by atoms with van der Waals surface area (Å²) in [5.74, 6) is 0.737. The minimum Gasteiger partial charge on any atom is -0.350 e. The number of hydrogen-bond donors (Lipinski definition) is 0. The second-order valence-electron chi connectivity index (χ2n) is 3.97. The summed E-state index contributed by atoms with van der Waals surface area (Å²) in [5, 5.41) is 10.8. The summed E-state index contributed by atoms with van der Waals surface area (Å²) >= 11 is 1.77. The van der Waals surface area contributed by atoms with Gasteiger partial charge in [-0.15, -0.1) is 10.2 Å². The van der Waals surface area contributed by atoms with Crippen molar-refractivity contribution in [2.45, 2.75) is 38.5 Å². The minimum absolute atomic E-state index is 0.737. The van der Waals surface area contributed by atoms with Crippen LogP contribution in [0.3, 0.4) is 0 Å². The summed E-state index contributed by atoms with van der Waals surface area (Å²) in [6.07, 6.45) is 5.09. The van der Waals surface area contributed by atoms with E-state index in [0.717, 1.165) is 17.6 Å². The normalized spacial score (nSPS) is 15.9. The molecule has 0 saturated heterocycles. The molecule has 1 saturated carbocycles. The van der Waals surface area contributed by atoms with Crippen LogP contribution in [0, 0.1) is 0 Å². The molecule has 0 aromatic carbocycles. The Morgan fingerprint density at radius 2 is 2.21 bits per heavy atom. The van der Waals surface area contributed by atoms with Gasteiger partial charge in [-0.3, -0.25) is 0 Å². The van der Waals surface area contributed by atoms with E-state index in [1.54, 1.807) is 11.3 Å². The third-order valence-electron chi connectivity index (χ3n) is 2.53. The van der Waals surface area contributed by atoms with Crippen LogP contribution in [0.4, 0.5) is 5.13 Å². The highest BCUT2D eigenvalue weighted by molar-refractivity contribution is 7.15. The molecule has 4 heteroatoms. The largest absolute Gasteiger partial charge is 0.350 e. The van der Waals surface area contributed by atoms with Gasteiger partial charge in [-0.05, 0) is 19.3 Å². The second kappa shape index (κ2) is 4.26. The van der Waals surface area contributed by atoms with E-state index >= 15 is 0 Å². The molecule has 1 aliphatic carbocycles. The Bertz CT molecular complexity index is 293. The molecule has 0 spiro atoms. The Hall–Kier alpha value is -0.640. The summed E-state index contributed by atoms with van der Waals surface area (Å²) < 4.78 is 0. The Morgan fingerprint density at radius 1 is 1.43 bits per heavy atom. The third kappa shape index (κ3) is 2.23. The van der Waals surface area contributed by atoms with E-state index in [4.69, 9.17) is 0 Å². The monoisotopic (exact) mass is 211 g/mol. The lowest BCUT2D eigenvalue weighted by atomic mass is 10.3. The van der Waals surface area contributed by atoms with Crippen molar-refractivity contribution in [3.8, 4) is 0 Å². The molecule has 1 heterocycles. The van der Waals surface area contributed by atoms with Crippen LogP contribution in [0.25, 0.3) is 0 Å². The Balaban J connectivity index is 1.93. The van der Waals surface area contributed by atoms with Gasteiger partial charge in [0, 0.05) is 19.5 Å². The van der Waals surface area contributed by atoms with E-state index in [0.29, 0.717) is 0 Å². The average molecular weight is 211 g/mol. The topological polar surface area (TPSA) is 29.0 Å². The van der Waals surface area contributed by atoms with E-state index < -0.39 is 0 Å². The number of nitrogens with zero attached hydrogens (tertiary/aromatic N) is 3. The third-order valence-corrected chi connectivity index (χ3v) is 3.73. The predicted octanol–water partition coefficient (Wildman–Crippen LogP) is 2.65. The fraction of sp³-hybridized carbons (Fsp3) is 0.800. The first kappa shape index (κ1) is 9.90. The molecule has 0 N–H and O–H groups in total. The van der Waals surface area contributed by atoms with Crippen molar-refractivity contribution in [3.05, 3.63) is 5.01 Å². The van der Waals surface area contributed by atoms with Gasteiger partial charge in [-0.1, -0.05) is 24.7 Å². The molecule has 78 valence electrons. The highest BCUT2D eigenvalue weighted by Crippen LogP contribution is 2.42. The van der Waals surface area contributed by atoms with Crippen molar-refractivity contribution in [2.24, 2.45) is 0 Å². The first-order valence-electron chi connectivity index (χ1n) is 5.35. The molecule has 0 atom stereocenters. The van der Waals surface area contributed by atoms with Gasteiger partial charge in [-0.2, -0.15) is 0 Å². The van der Waals surface area contributed by atoms with Crippen molar-refractivity contribution in [3.63, 3.8) is 0 Å². The van der Waals surface area contributed by atoms with Crippen molar-refractivity contribution in [1.29, 1.82) is 0 Å². The number of unbranched alkanes of at least 4 members (excludes halogenated alkanes) is 1. The van der Waals surface area contributed by atoms with Gasteiger partial charge in [0.1, 0.15) is 5.01 Å². The lowest BCUT2D eigenvalue weighted by Gasteiger charge is -2.13. The second-order valence-corrected chi connectivity index (χ2v) is 4.96. The number of anilines is 1. The van der Waals surface area contributed by atoms with Gasteiger partial charge >= 0.3 is 0 Å². The van der Waals surface area contributed by atoms with Crippen LogP contribution in [-0.2, 0) is 0 Å². The molecular weight excluding hydrogens is 194 g/mol. The smallest absolute Gasteiger partial charge is 0.208 e. The molecule has 0 aliphatic heterocycles. The molecule has 1 aliphatic rings. The zero-order valence-corrected chi connectivity index (χ0v) is 9.68. The maximum absolute atomic E-state index is 4.23. The van der Waals surface area contributed by atoms with Gasteiger partial charge in [-0.25, -0.2) is 0 Å². The fourth-order valence-corrected chi connectivity index (χ4v) is 2.37. The maximum atomic E-state index is 4.23. The van der Waals surface area contributed by atoms with Crippen LogP contribution in [0.1, 0.15) is 43.5 Å². The first-order valence-corrected chi connectivity index (χ1v) is 6.17. The van der Waals surface area contributed by atoms with E-state index in [2.05, 4.69) is 29.1 Å². The molecule has 1 aromatic rings. The highest BCUT2D eigenvalue weighted by Gasteiger charge is 2.27. The molecule has 1 aromatic heterocycles. The van der Waals surface area contributed by atoms with Gasteiger partial charge in [0.05, 0.1) is 0 Å². The number of rotatable bonds is 5. The Kier molecular flexibility index (Phi) is 3.01. The molecule has 0 bridgehead atoms. The molecule has 0 radical (unpaired) electrons. The van der Waals surface area contributed by atoms with E-state index in [-0.39, 0.29) is 0 Å². The average Bonchev–Trinajstić information content (AvgIpc) is 2.93. The standard InChI is InChI=1S/C10H17N3S/c1-3-4-7-13(2)10-12-11-9(14-10)8-5-6-8/h8H,3-7H2,1-2H3. The van der Waals surface area contributed by atoms with Crippen LogP contribution < -0.4 is 4.90 Å². The molecular formula is C10H17N3S. The van der Waals surface area contributed by atoms with E-state index in [9.17, 15) is 0 Å². The maximum Gasteiger partial charge on any atom is 0.208 e. The van der Waals surface area contributed by atoms with E-state index in [1.807, 2.05) is 0 Å². The van der Waals surface area contributed by atoms with Crippen molar-refractivity contribution >= 4 is 16.5 Å². The Morgan fingerprint density at radius 3 is 2.86 bits per heavy atom. The summed E-state index contributed by atoms with van der Waals surface area (Å²) in [7, 11) is 2.10. The lowest BCUT2D eigenvalue weighted by Crippen LogP contribution is -2.17.